The van der Waals surface area contributed by atoms with E-state index in [2.05, 4.69) is 6.58 Å². The zero-order valence-corrected chi connectivity index (χ0v) is 5.90. The van der Waals surface area contributed by atoms with Crippen LogP contribution >= 0.6 is 0 Å². The molecule has 0 amide bonds. The fourth-order valence-electron chi connectivity index (χ4n) is 0. The molecule has 0 fully saturated rings. The van der Waals surface area contributed by atoms with Gasteiger partial charge in [-0.25, -0.2) is 4.39 Å². The fourth-order valence-corrected chi connectivity index (χ4v) is 0. The minimum Gasteiger partial charge on any atom is -0.542 e. The maximum atomic E-state index is 11.0. The predicted octanol–water partition coefficient (Wildman–Crippen LogP) is -3.78. The number of carbonyl (C=O) groups excluding carboxylic acids is 1. The van der Waals surface area contributed by atoms with Gasteiger partial charge in [-0.1, -0.05) is 6.58 Å². The first-order valence-corrected chi connectivity index (χ1v) is 1.20. The Hall–Kier alpha value is 0.140. The summed E-state index contributed by atoms with van der Waals surface area (Å²) in [7, 11) is 0. The summed E-state index contributed by atoms with van der Waals surface area (Å²) in [4.78, 5) is 9.11. The standard InChI is InChI=1S/C3H3FO2.Na/c1-2(4)3(5)6;/h1H2,(H,5,6);/q;+1/p-1. The van der Waals surface area contributed by atoms with Crippen molar-refractivity contribution in [1.29, 1.82) is 0 Å². The number of rotatable bonds is 1. The molecule has 0 rings (SSSR count). The van der Waals surface area contributed by atoms with Gasteiger partial charge in [0.2, 0.25) is 0 Å². The normalized spacial score (nSPS) is 6.43. The minimum atomic E-state index is -1.85. The van der Waals surface area contributed by atoms with E-state index in [1.807, 2.05) is 0 Å². The van der Waals surface area contributed by atoms with E-state index >= 15 is 0 Å². The summed E-state index contributed by atoms with van der Waals surface area (Å²) in [5.74, 6) is -3.29. The van der Waals surface area contributed by atoms with E-state index in [1.165, 1.54) is 0 Å². The third-order valence-electron chi connectivity index (χ3n) is 0.221. The maximum Gasteiger partial charge on any atom is 1.00 e. The fraction of sp³-hybridized carbons (Fsp3) is 0. The summed E-state index contributed by atoms with van der Waals surface area (Å²) in [6.45, 7) is 2.43. The molecule has 0 atom stereocenters. The van der Waals surface area contributed by atoms with E-state index in [1.54, 1.807) is 0 Å². The van der Waals surface area contributed by atoms with Crippen LogP contribution in [0.25, 0.3) is 0 Å². The van der Waals surface area contributed by atoms with Crippen LogP contribution in [0.4, 0.5) is 4.39 Å². The molecule has 0 saturated carbocycles. The van der Waals surface area contributed by atoms with Crippen LogP contribution in [-0.2, 0) is 4.79 Å². The zero-order chi connectivity index (χ0) is 5.15. The molecule has 0 N–H and O–H groups in total. The van der Waals surface area contributed by atoms with Gasteiger partial charge in [-0.2, -0.15) is 0 Å². The van der Waals surface area contributed by atoms with Crippen LogP contribution in [0.15, 0.2) is 12.4 Å². The molecule has 0 heterocycles. The van der Waals surface area contributed by atoms with Gasteiger partial charge in [-0.3, -0.25) is 0 Å². The Morgan fingerprint density at radius 1 is 1.71 bits per heavy atom. The molecule has 0 aliphatic carbocycles. The monoisotopic (exact) mass is 112 g/mol. The van der Waals surface area contributed by atoms with Crippen molar-refractivity contribution in [3.63, 3.8) is 0 Å². The van der Waals surface area contributed by atoms with E-state index in [4.69, 9.17) is 9.90 Å². The van der Waals surface area contributed by atoms with E-state index in [-0.39, 0.29) is 29.6 Å². The van der Waals surface area contributed by atoms with E-state index in [0.717, 1.165) is 0 Å². The molecule has 0 unspecified atom stereocenters. The van der Waals surface area contributed by atoms with Gasteiger partial charge in [0.25, 0.3) is 0 Å². The number of hydrogen-bond donors (Lipinski definition) is 0. The number of carbonyl (C=O) groups is 1. The van der Waals surface area contributed by atoms with Crippen LogP contribution in [0.3, 0.4) is 0 Å². The largest absolute Gasteiger partial charge is 1.00 e. The van der Waals surface area contributed by atoms with Crippen molar-refractivity contribution in [3.05, 3.63) is 12.4 Å². The molecule has 7 heavy (non-hydrogen) atoms. The topological polar surface area (TPSA) is 40.1 Å². The Morgan fingerprint density at radius 2 is 1.86 bits per heavy atom. The second-order valence-corrected chi connectivity index (χ2v) is 0.692. The van der Waals surface area contributed by atoms with Gasteiger partial charge in [-0.05, 0) is 0 Å². The molecular formula is C3H2FNaO2. The molecule has 0 aromatic heterocycles. The molecular weight excluding hydrogens is 110 g/mol. The summed E-state index contributed by atoms with van der Waals surface area (Å²) < 4.78 is 11.0. The number of halogens is 1. The van der Waals surface area contributed by atoms with Crippen LogP contribution in [-0.4, -0.2) is 5.97 Å². The minimum absolute atomic E-state index is 0. The van der Waals surface area contributed by atoms with Gasteiger partial charge in [-0.15, -0.1) is 0 Å². The first-order valence-electron chi connectivity index (χ1n) is 1.20. The molecule has 2 nitrogen and oxygen atoms in total. The Kier molecular flexibility index (Phi) is 6.26. The van der Waals surface area contributed by atoms with Crippen molar-refractivity contribution in [3.8, 4) is 0 Å². The van der Waals surface area contributed by atoms with Crippen molar-refractivity contribution in [2.75, 3.05) is 0 Å². The molecule has 0 aliphatic heterocycles. The Labute approximate surface area is 62.3 Å². The van der Waals surface area contributed by atoms with Crippen molar-refractivity contribution in [2.24, 2.45) is 0 Å². The average molecular weight is 112 g/mol. The quantitative estimate of drug-likeness (QED) is 0.258. The molecule has 0 spiro atoms. The smallest absolute Gasteiger partial charge is 0.542 e. The summed E-state index contributed by atoms with van der Waals surface area (Å²) in [6, 6.07) is 0. The van der Waals surface area contributed by atoms with Gasteiger partial charge in [0.15, 0.2) is 0 Å². The molecule has 0 aromatic carbocycles. The van der Waals surface area contributed by atoms with Gasteiger partial charge in [0.1, 0.15) is 5.83 Å². The van der Waals surface area contributed by atoms with Crippen LogP contribution in [0.1, 0.15) is 0 Å². The predicted molar refractivity (Wildman–Crippen MR) is 15.3 cm³/mol. The Morgan fingerprint density at radius 3 is 1.86 bits per heavy atom. The Balaban J connectivity index is 0. The number of carboxylic acids is 1. The third-order valence-corrected chi connectivity index (χ3v) is 0.221. The van der Waals surface area contributed by atoms with E-state index in [0.29, 0.717) is 0 Å². The first kappa shape index (κ1) is 10.2. The number of carboxylic acid groups (broad SMARTS) is 1. The third kappa shape index (κ3) is 6.14. The molecule has 0 aliphatic rings. The molecule has 0 saturated heterocycles. The Bertz CT molecular complexity index is 78.9. The van der Waals surface area contributed by atoms with Crippen LogP contribution in [0.5, 0.6) is 0 Å². The second kappa shape index (κ2) is 4.30. The van der Waals surface area contributed by atoms with E-state index in [9.17, 15) is 4.39 Å². The average Bonchev–Trinajstić information content (AvgIpc) is 1.36. The number of aliphatic carboxylic acids is 1. The SMILES string of the molecule is C=C(F)C(=O)[O-].[Na+]. The molecule has 0 aromatic rings. The van der Waals surface area contributed by atoms with Crippen LogP contribution < -0.4 is 34.7 Å². The molecule has 4 heteroatoms. The van der Waals surface area contributed by atoms with Gasteiger partial charge >= 0.3 is 29.6 Å². The second-order valence-electron chi connectivity index (χ2n) is 0.692. The van der Waals surface area contributed by atoms with Crippen LogP contribution in [0, 0.1) is 0 Å². The van der Waals surface area contributed by atoms with Gasteiger partial charge in [0, 0.05) is 0 Å². The van der Waals surface area contributed by atoms with Crippen molar-refractivity contribution in [1.82, 2.24) is 0 Å². The van der Waals surface area contributed by atoms with Crippen molar-refractivity contribution >= 4 is 5.97 Å². The summed E-state index contributed by atoms with van der Waals surface area (Å²) in [5, 5.41) is 9.11. The molecule has 34 valence electrons. The van der Waals surface area contributed by atoms with Gasteiger partial charge in [0.05, 0.1) is 5.97 Å². The van der Waals surface area contributed by atoms with Crippen molar-refractivity contribution < 1.29 is 43.8 Å². The van der Waals surface area contributed by atoms with Gasteiger partial charge < -0.3 is 9.90 Å². The molecule has 0 bridgehead atoms. The zero-order valence-electron chi connectivity index (χ0n) is 3.90. The number of hydrogen-bond acceptors (Lipinski definition) is 2. The van der Waals surface area contributed by atoms with E-state index < -0.39 is 11.8 Å². The van der Waals surface area contributed by atoms with Crippen molar-refractivity contribution in [2.45, 2.75) is 0 Å². The summed E-state index contributed by atoms with van der Waals surface area (Å²) in [6.07, 6.45) is 0. The first-order chi connectivity index (χ1) is 2.64. The summed E-state index contributed by atoms with van der Waals surface area (Å²) in [5.41, 5.74) is 0. The summed E-state index contributed by atoms with van der Waals surface area (Å²) >= 11 is 0. The molecule has 0 radical (unpaired) electrons. The van der Waals surface area contributed by atoms with Crippen LogP contribution in [0.2, 0.25) is 0 Å². The maximum absolute atomic E-state index is 11.0.